The molecule has 0 bridgehead atoms. The van der Waals surface area contributed by atoms with Gasteiger partial charge >= 0.3 is 5.97 Å². The molecule has 0 aromatic heterocycles. The first-order chi connectivity index (χ1) is 9.96. The molecule has 4 nitrogen and oxygen atoms in total. The highest BCUT2D eigenvalue weighted by Crippen LogP contribution is 2.33. The van der Waals surface area contributed by atoms with E-state index in [-0.39, 0.29) is 29.8 Å². The van der Waals surface area contributed by atoms with Crippen LogP contribution in [0.3, 0.4) is 0 Å². The Labute approximate surface area is 133 Å². The van der Waals surface area contributed by atoms with Crippen LogP contribution in [0.25, 0.3) is 0 Å². The van der Waals surface area contributed by atoms with E-state index < -0.39 is 15.1 Å². The SMILES string of the molecule is C=C(CBr)[C@H]([C@H]1CCOC(=O)C1)S(=O)(=O)c1ccccc1. The summed E-state index contributed by atoms with van der Waals surface area (Å²) in [5.74, 6) is -0.636. The molecule has 1 aromatic rings. The second-order valence-electron chi connectivity index (χ2n) is 5.04. The Hall–Kier alpha value is -1.14. The Morgan fingerprint density at radius 1 is 1.38 bits per heavy atom. The molecule has 1 fully saturated rings. The van der Waals surface area contributed by atoms with Crippen molar-refractivity contribution in [2.24, 2.45) is 5.92 Å². The first-order valence-electron chi connectivity index (χ1n) is 6.65. The lowest BCUT2D eigenvalue weighted by molar-refractivity contribution is -0.148. The number of hydrogen-bond donors (Lipinski definition) is 0. The number of benzene rings is 1. The molecule has 2 rings (SSSR count). The second-order valence-corrected chi connectivity index (χ2v) is 7.67. The molecule has 0 saturated carbocycles. The van der Waals surface area contributed by atoms with Crippen LogP contribution >= 0.6 is 15.9 Å². The van der Waals surface area contributed by atoms with Crippen molar-refractivity contribution in [1.82, 2.24) is 0 Å². The molecule has 0 amide bonds. The predicted molar refractivity (Wildman–Crippen MR) is 84.0 cm³/mol. The summed E-state index contributed by atoms with van der Waals surface area (Å²) >= 11 is 3.28. The normalized spacial score (nSPS) is 20.6. The molecule has 21 heavy (non-hydrogen) atoms. The van der Waals surface area contributed by atoms with Crippen molar-refractivity contribution in [3.05, 3.63) is 42.5 Å². The van der Waals surface area contributed by atoms with Crippen molar-refractivity contribution in [3.8, 4) is 0 Å². The number of ether oxygens (including phenoxy) is 1. The molecule has 1 saturated heterocycles. The van der Waals surface area contributed by atoms with Crippen LogP contribution in [0.1, 0.15) is 12.8 Å². The fourth-order valence-electron chi connectivity index (χ4n) is 2.60. The third-order valence-corrected chi connectivity index (χ3v) is 6.63. The number of carbonyl (C=O) groups excluding carboxylic acids is 1. The molecule has 1 aliphatic heterocycles. The minimum Gasteiger partial charge on any atom is -0.466 e. The quantitative estimate of drug-likeness (QED) is 0.452. The first-order valence-corrected chi connectivity index (χ1v) is 9.31. The molecule has 0 spiro atoms. The smallest absolute Gasteiger partial charge is 0.306 e. The molecular weight excluding hydrogens is 356 g/mol. The van der Waals surface area contributed by atoms with Crippen LogP contribution in [0.15, 0.2) is 47.4 Å². The summed E-state index contributed by atoms with van der Waals surface area (Å²) in [6, 6.07) is 8.30. The van der Waals surface area contributed by atoms with Crippen LogP contribution in [-0.2, 0) is 19.4 Å². The van der Waals surface area contributed by atoms with E-state index in [1.165, 1.54) is 0 Å². The molecule has 0 aliphatic carbocycles. The Morgan fingerprint density at radius 2 is 2.05 bits per heavy atom. The summed E-state index contributed by atoms with van der Waals surface area (Å²) in [5.41, 5.74) is 0.568. The summed E-state index contributed by atoms with van der Waals surface area (Å²) in [6.07, 6.45) is 0.650. The first kappa shape index (κ1) is 16.2. The summed E-state index contributed by atoms with van der Waals surface area (Å²) in [6.45, 7) is 4.15. The molecular formula is C15H17BrO4S. The highest BCUT2D eigenvalue weighted by atomic mass is 79.9. The van der Waals surface area contributed by atoms with E-state index in [0.717, 1.165) is 0 Å². The molecule has 1 heterocycles. The molecule has 0 N–H and O–H groups in total. The van der Waals surface area contributed by atoms with Gasteiger partial charge in [0.25, 0.3) is 0 Å². The fraction of sp³-hybridized carbons (Fsp3) is 0.400. The maximum absolute atomic E-state index is 12.9. The number of alkyl halides is 1. The van der Waals surface area contributed by atoms with E-state index in [4.69, 9.17) is 4.74 Å². The molecule has 2 atom stereocenters. The lowest BCUT2D eigenvalue weighted by Crippen LogP contribution is -2.37. The van der Waals surface area contributed by atoms with Crippen molar-refractivity contribution in [2.45, 2.75) is 23.0 Å². The van der Waals surface area contributed by atoms with Gasteiger partial charge in [0.2, 0.25) is 0 Å². The van der Waals surface area contributed by atoms with Crippen molar-refractivity contribution >= 4 is 31.7 Å². The van der Waals surface area contributed by atoms with Gasteiger partial charge in [-0.3, -0.25) is 4.79 Å². The van der Waals surface area contributed by atoms with Crippen molar-refractivity contribution < 1.29 is 17.9 Å². The second kappa shape index (κ2) is 6.75. The van der Waals surface area contributed by atoms with Crippen molar-refractivity contribution in [1.29, 1.82) is 0 Å². The zero-order valence-electron chi connectivity index (χ0n) is 11.5. The number of hydrogen-bond acceptors (Lipinski definition) is 4. The maximum atomic E-state index is 12.9. The molecule has 1 aliphatic rings. The molecule has 114 valence electrons. The minimum atomic E-state index is -3.57. The van der Waals surface area contributed by atoms with Crippen LogP contribution in [0, 0.1) is 5.92 Å². The van der Waals surface area contributed by atoms with Crippen molar-refractivity contribution in [2.75, 3.05) is 11.9 Å². The number of sulfone groups is 1. The van der Waals surface area contributed by atoms with Gasteiger partial charge in [-0.2, -0.15) is 0 Å². The average Bonchev–Trinajstić information content (AvgIpc) is 2.48. The van der Waals surface area contributed by atoms with Gasteiger partial charge in [0.15, 0.2) is 9.84 Å². The largest absolute Gasteiger partial charge is 0.466 e. The summed E-state index contributed by atoms with van der Waals surface area (Å²) in [4.78, 5) is 11.8. The van der Waals surface area contributed by atoms with Crippen LogP contribution in [0.4, 0.5) is 0 Å². The lowest BCUT2D eigenvalue weighted by atomic mass is 9.92. The van der Waals surface area contributed by atoms with E-state index >= 15 is 0 Å². The number of rotatable bonds is 5. The van der Waals surface area contributed by atoms with Gasteiger partial charge in [0.05, 0.1) is 23.2 Å². The molecule has 6 heteroatoms. The van der Waals surface area contributed by atoms with Crippen LogP contribution in [-0.4, -0.2) is 31.6 Å². The Balaban J connectivity index is 2.40. The highest BCUT2D eigenvalue weighted by molar-refractivity contribution is 9.09. The summed E-state index contributed by atoms with van der Waals surface area (Å²) in [5, 5.41) is -0.387. The van der Waals surface area contributed by atoms with Gasteiger partial charge in [-0.15, -0.1) is 0 Å². The van der Waals surface area contributed by atoms with Crippen LogP contribution < -0.4 is 0 Å². The standard InChI is InChI=1S/C15H17BrO4S/c1-11(10-16)15(12-7-8-20-14(17)9-12)21(18,19)13-5-3-2-4-6-13/h2-6,12,15H,1,7-10H2/t12-,15+/m0/s1. The van der Waals surface area contributed by atoms with Gasteiger partial charge in [-0.1, -0.05) is 40.7 Å². The van der Waals surface area contributed by atoms with Crippen molar-refractivity contribution in [3.63, 3.8) is 0 Å². The average molecular weight is 373 g/mol. The third-order valence-electron chi connectivity index (χ3n) is 3.59. The zero-order valence-corrected chi connectivity index (χ0v) is 13.9. The number of carbonyl (C=O) groups is 1. The maximum Gasteiger partial charge on any atom is 0.306 e. The van der Waals surface area contributed by atoms with Gasteiger partial charge < -0.3 is 4.74 Å². The predicted octanol–water partition coefficient (Wildman–Crippen LogP) is 2.73. The fourth-order valence-corrected chi connectivity index (χ4v) is 5.25. The van der Waals surface area contributed by atoms with Gasteiger partial charge in [-0.05, 0) is 30.0 Å². The van der Waals surface area contributed by atoms with E-state index in [9.17, 15) is 13.2 Å². The topological polar surface area (TPSA) is 60.4 Å². The Morgan fingerprint density at radius 3 is 2.62 bits per heavy atom. The van der Waals surface area contributed by atoms with Crippen LogP contribution in [0.5, 0.6) is 0 Å². The van der Waals surface area contributed by atoms with E-state index in [0.29, 0.717) is 17.3 Å². The zero-order chi connectivity index (χ0) is 15.5. The summed E-state index contributed by atoms with van der Waals surface area (Å²) < 4.78 is 30.7. The van der Waals surface area contributed by atoms with E-state index in [2.05, 4.69) is 22.5 Å². The Kier molecular flexibility index (Phi) is 5.22. The lowest BCUT2D eigenvalue weighted by Gasteiger charge is -2.30. The number of esters is 1. The third kappa shape index (κ3) is 3.55. The van der Waals surface area contributed by atoms with Gasteiger partial charge in [0, 0.05) is 5.33 Å². The number of halogens is 1. The summed E-state index contributed by atoms with van der Waals surface area (Å²) in [7, 11) is -3.57. The monoisotopic (exact) mass is 372 g/mol. The Bertz CT molecular complexity index is 624. The molecule has 0 unspecified atom stereocenters. The number of cyclic esters (lactones) is 1. The van der Waals surface area contributed by atoms with E-state index in [1.54, 1.807) is 30.3 Å². The van der Waals surface area contributed by atoms with Gasteiger partial charge in [0.1, 0.15) is 0 Å². The minimum absolute atomic E-state index is 0.114. The molecule has 1 aromatic carbocycles. The van der Waals surface area contributed by atoms with Gasteiger partial charge in [-0.25, -0.2) is 8.42 Å². The van der Waals surface area contributed by atoms with Crippen LogP contribution in [0.2, 0.25) is 0 Å². The molecule has 0 radical (unpaired) electrons. The highest BCUT2D eigenvalue weighted by Gasteiger charge is 2.39. The van der Waals surface area contributed by atoms with E-state index in [1.807, 2.05) is 0 Å².